The van der Waals surface area contributed by atoms with E-state index in [9.17, 15) is 14.4 Å². The second kappa shape index (κ2) is 10.7. The average molecular weight is 351 g/mol. The summed E-state index contributed by atoms with van der Waals surface area (Å²) in [6.45, 7) is 3.59. The molecule has 0 saturated carbocycles. The molecule has 0 radical (unpaired) electrons. The molecule has 3 unspecified atom stereocenters. The molecule has 128 valence electrons. The van der Waals surface area contributed by atoms with Crippen molar-refractivity contribution in [2.75, 3.05) is 17.8 Å². The number of nitrogens with two attached hydrogens (primary N) is 1. The fraction of sp³-hybridized carbons (Fsp3) is 0.769. The molecule has 0 aliphatic carbocycles. The lowest BCUT2D eigenvalue weighted by Gasteiger charge is -2.22. The van der Waals surface area contributed by atoms with Gasteiger partial charge in [-0.3, -0.25) is 9.59 Å². The van der Waals surface area contributed by atoms with Gasteiger partial charge in [0.2, 0.25) is 11.8 Å². The zero-order valence-corrected chi connectivity index (χ0v) is 14.7. The standard InChI is InChI=1S/C13H25N3O4S2/c1-7(2)10(14)12(18)16-9(6-21)11(17)15-8(13(19)20)4-5-22-3/h7-10,21H,4-6,14H2,1-3H3,(H,15,17)(H,16,18)(H,19,20). The molecule has 0 aromatic carbocycles. The van der Waals surface area contributed by atoms with Gasteiger partial charge in [0.15, 0.2) is 0 Å². The molecule has 0 aromatic rings. The molecular formula is C13H25N3O4S2. The second-order valence-corrected chi connectivity index (χ2v) is 6.55. The van der Waals surface area contributed by atoms with Gasteiger partial charge >= 0.3 is 5.97 Å². The summed E-state index contributed by atoms with van der Waals surface area (Å²) < 4.78 is 0. The van der Waals surface area contributed by atoms with Crippen molar-refractivity contribution in [3.05, 3.63) is 0 Å². The van der Waals surface area contributed by atoms with Crippen LogP contribution in [-0.2, 0) is 14.4 Å². The van der Waals surface area contributed by atoms with Crippen LogP contribution in [0, 0.1) is 5.92 Å². The molecule has 7 nitrogen and oxygen atoms in total. The van der Waals surface area contributed by atoms with Crippen LogP contribution in [0.1, 0.15) is 20.3 Å². The van der Waals surface area contributed by atoms with Crippen LogP contribution in [0.25, 0.3) is 0 Å². The summed E-state index contributed by atoms with van der Waals surface area (Å²) >= 11 is 5.52. The Labute approximate surface area is 140 Å². The summed E-state index contributed by atoms with van der Waals surface area (Å²) in [5, 5.41) is 14.0. The van der Waals surface area contributed by atoms with E-state index in [0.717, 1.165) is 0 Å². The van der Waals surface area contributed by atoms with Gasteiger partial charge in [-0.15, -0.1) is 0 Å². The summed E-state index contributed by atoms with van der Waals surface area (Å²) in [5.41, 5.74) is 5.71. The van der Waals surface area contributed by atoms with Crippen LogP contribution in [0.4, 0.5) is 0 Å². The van der Waals surface area contributed by atoms with Crippen LogP contribution in [0.15, 0.2) is 0 Å². The van der Waals surface area contributed by atoms with Crippen LogP contribution in [0.5, 0.6) is 0 Å². The molecule has 9 heteroatoms. The number of hydrogen-bond donors (Lipinski definition) is 5. The maximum atomic E-state index is 12.1. The van der Waals surface area contributed by atoms with Gasteiger partial charge in [-0.05, 0) is 24.3 Å². The Morgan fingerprint density at radius 2 is 1.73 bits per heavy atom. The minimum Gasteiger partial charge on any atom is -0.480 e. The van der Waals surface area contributed by atoms with Gasteiger partial charge < -0.3 is 21.5 Å². The maximum absolute atomic E-state index is 12.1. The minimum absolute atomic E-state index is 0.0528. The molecular weight excluding hydrogens is 326 g/mol. The van der Waals surface area contributed by atoms with E-state index < -0.39 is 35.9 Å². The van der Waals surface area contributed by atoms with E-state index in [-0.39, 0.29) is 11.7 Å². The van der Waals surface area contributed by atoms with Gasteiger partial charge in [0, 0.05) is 5.75 Å². The van der Waals surface area contributed by atoms with Crippen molar-refractivity contribution in [2.24, 2.45) is 11.7 Å². The average Bonchev–Trinajstić information content (AvgIpc) is 2.46. The number of nitrogens with one attached hydrogen (secondary N) is 2. The predicted octanol–water partition coefficient (Wildman–Crippen LogP) is -0.293. The topological polar surface area (TPSA) is 122 Å². The first-order valence-corrected chi connectivity index (χ1v) is 8.96. The fourth-order valence-electron chi connectivity index (χ4n) is 1.53. The number of amides is 2. The van der Waals surface area contributed by atoms with Crippen molar-refractivity contribution in [1.29, 1.82) is 0 Å². The quantitative estimate of drug-likeness (QED) is 0.345. The highest BCUT2D eigenvalue weighted by molar-refractivity contribution is 7.98. The maximum Gasteiger partial charge on any atom is 0.326 e. The summed E-state index contributed by atoms with van der Waals surface area (Å²) in [5.74, 6) is -1.56. The van der Waals surface area contributed by atoms with Gasteiger partial charge in [0.05, 0.1) is 6.04 Å². The number of carbonyl (C=O) groups excluding carboxylic acids is 2. The van der Waals surface area contributed by atoms with Crippen molar-refractivity contribution in [2.45, 2.75) is 38.4 Å². The van der Waals surface area contributed by atoms with E-state index in [1.807, 2.05) is 6.26 Å². The van der Waals surface area contributed by atoms with E-state index in [2.05, 4.69) is 23.3 Å². The Bertz CT molecular complexity index is 393. The van der Waals surface area contributed by atoms with Gasteiger partial charge in [-0.1, -0.05) is 13.8 Å². The number of aliphatic carboxylic acids is 1. The molecule has 22 heavy (non-hydrogen) atoms. The van der Waals surface area contributed by atoms with Crippen molar-refractivity contribution < 1.29 is 19.5 Å². The first-order chi connectivity index (χ1) is 10.2. The lowest BCUT2D eigenvalue weighted by Crippen LogP contribution is -2.56. The van der Waals surface area contributed by atoms with E-state index >= 15 is 0 Å². The smallest absolute Gasteiger partial charge is 0.326 e. The van der Waals surface area contributed by atoms with E-state index in [4.69, 9.17) is 10.8 Å². The van der Waals surface area contributed by atoms with E-state index in [1.54, 1.807) is 13.8 Å². The summed E-state index contributed by atoms with van der Waals surface area (Å²) in [6, 6.07) is -2.64. The Kier molecular flexibility index (Phi) is 10.3. The number of thioether (sulfide) groups is 1. The van der Waals surface area contributed by atoms with Gasteiger partial charge in [0.25, 0.3) is 0 Å². The van der Waals surface area contributed by atoms with Gasteiger partial charge in [-0.2, -0.15) is 24.4 Å². The van der Waals surface area contributed by atoms with Crippen molar-refractivity contribution >= 4 is 42.2 Å². The predicted molar refractivity (Wildman–Crippen MR) is 91.2 cm³/mol. The third kappa shape index (κ3) is 7.37. The number of carbonyl (C=O) groups is 3. The zero-order chi connectivity index (χ0) is 17.3. The highest BCUT2D eigenvalue weighted by Gasteiger charge is 2.27. The molecule has 0 aliphatic heterocycles. The van der Waals surface area contributed by atoms with E-state index in [1.165, 1.54) is 11.8 Å². The molecule has 0 aromatic heterocycles. The van der Waals surface area contributed by atoms with Crippen molar-refractivity contribution in [1.82, 2.24) is 10.6 Å². The molecule has 0 spiro atoms. The number of rotatable bonds is 10. The normalized spacial score (nSPS) is 15.0. The number of carboxylic acid groups (broad SMARTS) is 1. The first kappa shape index (κ1) is 21.1. The van der Waals surface area contributed by atoms with Crippen molar-refractivity contribution in [3.63, 3.8) is 0 Å². The number of carboxylic acids is 1. The summed E-state index contributed by atoms with van der Waals surface area (Å²) in [7, 11) is 0. The monoisotopic (exact) mass is 351 g/mol. The number of thiol groups is 1. The lowest BCUT2D eigenvalue weighted by molar-refractivity contribution is -0.142. The molecule has 5 N–H and O–H groups in total. The molecule has 0 aliphatic rings. The molecule has 2 amide bonds. The van der Waals surface area contributed by atoms with Crippen LogP contribution in [0.2, 0.25) is 0 Å². The largest absolute Gasteiger partial charge is 0.480 e. The Balaban J connectivity index is 4.69. The fourth-order valence-corrected chi connectivity index (χ4v) is 2.26. The second-order valence-electron chi connectivity index (χ2n) is 5.19. The molecule has 3 atom stereocenters. The molecule has 0 heterocycles. The highest BCUT2D eigenvalue weighted by Crippen LogP contribution is 2.03. The summed E-state index contributed by atoms with van der Waals surface area (Å²) in [6.07, 6.45) is 2.16. The van der Waals surface area contributed by atoms with Gasteiger partial charge in [0.1, 0.15) is 12.1 Å². The Morgan fingerprint density at radius 1 is 1.18 bits per heavy atom. The first-order valence-electron chi connectivity index (χ1n) is 6.93. The van der Waals surface area contributed by atoms with Crippen LogP contribution in [0.3, 0.4) is 0 Å². The molecule has 0 rings (SSSR count). The molecule has 0 bridgehead atoms. The lowest BCUT2D eigenvalue weighted by atomic mass is 10.0. The Hall–Kier alpha value is -0.930. The van der Waals surface area contributed by atoms with Gasteiger partial charge in [-0.25, -0.2) is 4.79 Å². The third-order valence-electron chi connectivity index (χ3n) is 3.06. The molecule has 0 fully saturated rings. The third-order valence-corrected chi connectivity index (χ3v) is 4.07. The highest BCUT2D eigenvalue weighted by atomic mass is 32.2. The van der Waals surface area contributed by atoms with Crippen LogP contribution in [-0.4, -0.2) is 58.8 Å². The SMILES string of the molecule is CSCCC(NC(=O)C(CS)NC(=O)C(N)C(C)C)C(=O)O. The van der Waals surface area contributed by atoms with E-state index in [0.29, 0.717) is 12.2 Å². The number of hydrogen-bond acceptors (Lipinski definition) is 6. The minimum atomic E-state index is -1.11. The molecule has 0 saturated heterocycles. The van der Waals surface area contributed by atoms with Crippen LogP contribution < -0.4 is 16.4 Å². The van der Waals surface area contributed by atoms with Crippen molar-refractivity contribution in [3.8, 4) is 0 Å². The van der Waals surface area contributed by atoms with Crippen LogP contribution >= 0.6 is 24.4 Å². The zero-order valence-electron chi connectivity index (χ0n) is 13.0. The summed E-state index contributed by atoms with van der Waals surface area (Å²) in [4.78, 5) is 35.1. The Morgan fingerprint density at radius 3 is 2.14 bits per heavy atom.